The number of nitrogens with zero attached hydrogens (tertiary/aromatic N) is 2. The highest BCUT2D eigenvalue weighted by molar-refractivity contribution is 6.04. The first-order chi connectivity index (χ1) is 16.0. The van der Waals surface area contributed by atoms with Crippen LogP contribution < -0.4 is 4.90 Å². The van der Waals surface area contributed by atoms with Gasteiger partial charge in [0, 0.05) is 12.2 Å². The average Bonchev–Trinajstić information content (AvgIpc) is 3.33. The Bertz CT molecular complexity index is 1160. The quantitative estimate of drug-likeness (QED) is 0.605. The number of amides is 2. The van der Waals surface area contributed by atoms with Gasteiger partial charge in [0.1, 0.15) is 18.7 Å². The van der Waals surface area contributed by atoms with Crippen LogP contribution in [-0.4, -0.2) is 46.6 Å². The molecule has 1 aliphatic rings. The lowest BCUT2D eigenvalue weighted by atomic mass is 10.1. The number of hydrogen-bond acceptors (Lipinski definition) is 4. The third-order valence-corrected chi connectivity index (χ3v) is 5.97. The SMILES string of the molecule is C[C@@H](C(=O)O)N(C(=O)[C@@H]1CCCN1C(=O)OCc1ccccc1)c1ccc2ccccc2c1. The second-order valence-electron chi connectivity index (χ2n) is 8.15. The van der Waals surface area contributed by atoms with E-state index >= 15 is 0 Å². The zero-order chi connectivity index (χ0) is 23.4. The van der Waals surface area contributed by atoms with Gasteiger partial charge >= 0.3 is 12.1 Å². The smallest absolute Gasteiger partial charge is 0.410 e. The molecule has 2 amide bonds. The van der Waals surface area contributed by atoms with Gasteiger partial charge in [-0.3, -0.25) is 14.6 Å². The summed E-state index contributed by atoms with van der Waals surface area (Å²) in [5, 5.41) is 11.6. The summed E-state index contributed by atoms with van der Waals surface area (Å²) in [7, 11) is 0. The summed E-state index contributed by atoms with van der Waals surface area (Å²) in [5.41, 5.74) is 1.34. The Kier molecular flexibility index (Phi) is 6.58. The largest absolute Gasteiger partial charge is 0.480 e. The van der Waals surface area contributed by atoms with E-state index in [-0.39, 0.29) is 6.61 Å². The second-order valence-corrected chi connectivity index (χ2v) is 8.15. The van der Waals surface area contributed by atoms with Crippen molar-refractivity contribution < 1.29 is 24.2 Å². The lowest BCUT2D eigenvalue weighted by Crippen LogP contribution is -2.52. The fraction of sp³-hybridized carbons (Fsp3) is 0.269. The molecule has 2 atom stereocenters. The Hall–Kier alpha value is -3.87. The number of rotatable bonds is 6. The van der Waals surface area contributed by atoms with E-state index in [1.807, 2.05) is 60.7 Å². The number of anilines is 1. The molecule has 1 N–H and O–H groups in total. The van der Waals surface area contributed by atoms with Crippen molar-refractivity contribution in [3.8, 4) is 0 Å². The zero-order valence-electron chi connectivity index (χ0n) is 18.4. The molecule has 1 heterocycles. The predicted molar refractivity (Wildman–Crippen MR) is 125 cm³/mol. The maximum Gasteiger partial charge on any atom is 0.410 e. The fourth-order valence-electron chi connectivity index (χ4n) is 4.18. The van der Waals surface area contributed by atoms with Crippen molar-refractivity contribution in [1.29, 1.82) is 0 Å². The van der Waals surface area contributed by atoms with Crippen molar-refractivity contribution in [3.63, 3.8) is 0 Å². The summed E-state index contributed by atoms with van der Waals surface area (Å²) >= 11 is 0. The first-order valence-electron chi connectivity index (χ1n) is 11.0. The van der Waals surface area contributed by atoms with Gasteiger partial charge in [-0.1, -0.05) is 60.7 Å². The van der Waals surface area contributed by atoms with Gasteiger partial charge in [-0.15, -0.1) is 0 Å². The third-order valence-electron chi connectivity index (χ3n) is 5.97. The van der Waals surface area contributed by atoms with Crippen molar-refractivity contribution in [2.45, 2.75) is 38.5 Å². The van der Waals surface area contributed by atoms with Crippen LogP contribution in [0.4, 0.5) is 10.5 Å². The molecule has 0 saturated carbocycles. The van der Waals surface area contributed by atoms with Crippen LogP contribution in [0.3, 0.4) is 0 Å². The van der Waals surface area contributed by atoms with Gasteiger partial charge in [-0.05, 0) is 48.2 Å². The van der Waals surface area contributed by atoms with Crippen LogP contribution in [0, 0.1) is 0 Å². The number of carboxylic acid groups (broad SMARTS) is 1. The minimum Gasteiger partial charge on any atom is -0.480 e. The number of likely N-dealkylation sites (tertiary alicyclic amines) is 1. The third kappa shape index (κ3) is 4.82. The van der Waals surface area contributed by atoms with Gasteiger partial charge in [0.25, 0.3) is 5.91 Å². The van der Waals surface area contributed by atoms with Crippen LogP contribution in [0.2, 0.25) is 0 Å². The highest BCUT2D eigenvalue weighted by Gasteiger charge is 2.40. The maximum atomic E-state index is 13.6. The van der Waals surface area contributed by atoms with E-state index in [0.717, 1.165) is 16.3 Å². The number of hydrogen-bond donors (Lipinski definition) is 1. The standard InChI is InChI=1S/C26H26N2O5/c1-18(25(30)31)28(22-14-13-20-10-5-6-11-21(20)16-22)24(29)23-12-7-15-27(23)26(32)33-17-19-8-3-2-4-9-19/h2-6,8-11,13-14,16,18,23H,7,12,15,17H2,1H3,(H,30,31)/t18-,23-/m0/s1. The van der Waals surface area contributed by atoms with Crippen LogP contribution >= 0.6 is 0 Å². The zero-order valence-corrected chi connectivity index (χ0v) is 18.4. The number of fused-ring (bicyclic) bond motifs is 1. The van der Waals surface area contributed by atoms with E-state index in [1.165, 1.54) is 16.7 Å². The Labute approximate surface area is 192 Å². The summed E-state index contributed by atoms with van der Waals surface area (Å²) in [5.74, 6) is -1.54. The molecule has 7 nitrogen and oxygen atoms in total. The van der Waals surface area contributed by atoms with Gasteiger partial charge in [0.15, 0.2) is 0 Å². The van der Waals surface area contributed by atoms with Crippen molar-refractivity contribution in [2.24, 2.45) is 0 Å². The first-order valence-corrected chi connectivity index (χ1v) is 11.0. The number of carboxylic acids is 1. The van der Waals surface area contributed by atoms with E-state index in [2.05, 4.69) is 0 Å². The van der Waals surface area contributed by atoms with E-state index in [4.69, 9.17) is 4.74 Å². The van der Waals surface area contributed by atoms with Gasteiger partial charge in [0.05, 0.1) is 0 Å². The van der Waals surface area contributed by atoms with E-state index in [0.29, 0.717) is 25.1 Å². The molecule has 1 fully saturated rings. The summed E-state index contributed by atoms with van der Waals surface area (Å²) < 4.78 is 5.44. The van der Waals surface area contributed by atoms with E-state index in [1.54, 1.807) is 12.1 Å². The number of benzene rings is 3. The van der Waals surface area contributed by atoms with Crippen molar-refractivity contribution in [3.05, 3.63) is 78.4 Å². The van der Waals surface area contributed by atoms with Crippen LogP contribution in [0.15, 0.2) is 72.8 Å². The lowest BCUT2D eigenvalue weighted by Gasteiger charge is -2.32. The molecule has 7 heteroatoms. The lowest BCUT2D eigenvalue weighted by molar-refractivity contribution is -0.140. The van der Waals surface area contributed by atoms with Gasteiger partial charge in [-0.2, -0.15) is 0 Å². The van der Waals surface area contributed by atoms with Crippen LogP contribution in [0.5, 0.6) is 0 Å². The van der Waals surface area contributed by atoms with Crippen LogP contribution in [0.25, 0.3) is 10.8 Å². The van der Waals surface area contributed by atoms with Crippen molar-refractivity contribution >= 4 is 34.4 Å². The highest BCUT2D eigenvalue weighted by Crippen LogP contribution is 2.28. The molecule has 4 rings (SSSR count). The molecule has 0 unspecified atom stereocenters. The Morgan fingerprint density at radius 1 is 1.03 bits per heavy atom. The van der Waals surface area contributed by atoms with Crippen molar-refractivity contribution in [1.82, 2.24) is 4.90 Å². The van der Waals surface area contributed by atoms with Gasteiger partial charge in [0.2, 0.25) is 0 Å². The predicted octanol–water partition coefficient (Wildman–Crippen LogP) is 4.45. The Morgan fingerprint density at radius 3 is 2.45 bits per heavy atom. The molecule has 170 valence electrons. The summed E-state index contributed by atoms with van der Waals surface area (Å²) in [6.45, 7) is 1.97. The molecule has 1 aliphatic heterocycles. The van der Waals surface area contributed by atoms with Gasteiger partial charge < -0.3 is 9.84 Å². The number of ether oxygens (including phenoxy) is 1. The topological polar surface area (TPSA) is 87.2 Å². The molecule has 0 aromatic heterocycles. The average molecular weight is 447 g/mol. The molecule has 1 saturated heterocycles. The summed E-state index contributed by atoms with van der Waals surface area (Å²) in [6.07, 6.45) is 0.524. The number of aliphatic carboxylic acids is 1. The van der Waals surface area contributed by atoms with Gasteiger partial charge in [-0.25, -0.2) is 9.59 Å². The van der Waals surface area contributed by atoms with Crippen LogP contribution in [0.1, 0.15) is 25.3 Å². The number of carbonyl (C=O) groups is 3. The molecule has 0 radical (unpaired) electrons. The second kappa shape index (κ2) is 9.73. The first kappa shape index (κ1) is 22.3. The normalized spacial score (nSPS) is 16.4. The van der Waals surface area contributed by atoms with Crippen molar-refractivity contribution in [2.75, 3.05) is 11.4 Å². The van der Waals surface area contributed by atoms with E-state index < -0.39 is 30.1 Å². The fourth-order valence-corrected chi connectivity index (χ4v) is 4.18. The highest BCUT2D eigenvalue weighted by atomic mass is 16.6. The maximum absolute atomic E-state index is 13.6. The molecular weight excluding hydrogens is 420 g/mol. The molecular formula is C26H26N2O5. The minimum atomic E-state index is -1.12. The monoisotopic (exact) mass is 446 g/mol. The molecule has 0 spiro atoms. The molecule has 0 aliphatic carbocycles. The summed E-state index contributed by atoms with van der Waals surface area (Å²) in [4.78, 5) is 41.0. The molecule has 3 aromatic rings. The molecule has 3 aromatic carbocycles. The van der Waals surface area contributed by atoms with E-state index in [9.17, 15) is 19.5 Å². The molecule has 33 heavy (non-hydrogen) atoms. The number of carbonyl (C=O) groups excluding carboxylic acids is 2. The minimum absolute atomic E-state index is 0.108. The Balaban J connectivity index is 1.57. The molecule has 0 bridgehead atoms. The summed E-state index contributed by atoms with van der Waals surface area (Å²) in [6, 6.07) is 20.5. The van der Waals surface area contributed by atoms with Crippen LogP contribution in [-0.2, 0) is 20.9 Å². The Morgan fingerprint density at radius 2 is 1.73 bits per heavy atom.